The number of amides is 4. The summed E-state index contributed by atoms with van der Waals surface area (Å²) in [4.78, 5) is 59.5. The number of likely N-dealkylation sites (N-methyl/N-ethyl adjacent to an activating group) is 1. The lowest BCUT2D eigenvalue weighted by molar-refractivity contribution is -0.147. The Hall–Kier alpha value is -5.88. The van der Waals surface area contributed by atoms with Gasteiger partial charge in [-0.25, -0.2) is 0 Å². The molecule has 0 saturated carbocycles. The maximum atomic E-state index is 14.5. The van der Waals surface area contributed by atoms with E-state index >= 15 is 0 Å². The molecule has 12 heteroatoms. The number of carbonyl (C=O) groups is 4. The normalized spacial score (nSPS) is 12.7. The molecule has 0 aromatic heterocycles. The van der Waals surface area contributed by atoms with Crippen molar-refractivity contribution in [1.29, 1.82) is 0 Å². The van der Waals surface area contributed by atoms with E-state index in [1.54, 1.807) is 31.4 Å². The Kier molecular flexibility index (Phi) is 13.4. The quantitative estimate of drug-likeness (QED) is 0.164. The molecule has 4 amide bonds. The molecule has 12 nitrogen and oxygen atoms in total. The van der Waals surface area contributed by atoms with Gasteiger partial charge in [-0.15, -0.1) is 0 Å². The highest BCUT2D eigenvalue weighted by Gasteiger charge is 2.30. The molecule has 53 heavy (non-hydrogen) atoms. The number of fused-ring (bicyclic) bond motifs is 1. The molecule has 0 saturated heterocycles. The first kappa shape index (κ1) is 38.4. The number of nitrogens with zero attached hydrogens (tertiary/aromatic N) is 3. The van der Waals surface area contributed by atoms with Gasteiger partial charge in [0.2, 0.25) is 30.4 Å². The first-order valence-corrected chi connectivity index (χ1v) is 17.6. The first-order valence-electron chi connectivity index (χ1n) is 17.6. The molecule has 1 aliphatic heterocycles. The molecule has 5 rings (SSSR count). The highest BCUT2D eigenvalue weighted by molar-refractivity contribution is 5.90. The van der Waals surface area contributed by atoms with Gasteiger partial charge in [0, 0.05) is 26.2 Å². The minimum absolute atomic E-state index is 0.0250. The highest BCUT2D eigenvalue weighted by atomic mass is 16.7. The Balaban J connectivity index is 1.40. The summed E-state index contributed by atoms with van der Waals surface area (Å²) in [6, 6.07) is 31.2. The van der Waals surface area contributed by atoms with E-state index in [1.807, 2.05) is 92.7 Å². The molecule has 4 aromatic carbocycles. The summed E-state index contributed by atoms with van der Waals surface area (Å²) in [7, 11) is 3.08. The smallest absolute Gasteiger partial charge is 0.243 e. The van der Waals surface area contributed by atoms with Gasteiger partial charge in [0.25, 0.3) is 0 Å². The van der Waals surface area contributed by atoms with Gasteiger partial charge < -0.3 is 39.5 Å². The SMILES string of the molecule is CNC(=O)CN(Cc1ccc(OC)cc1)C(=O)CN(C(=O)CN(Cc1ccc2c(c1)OCO2)C(=O)CNC(C)c1ccccc1)C(C)c1ccccc1. The average molecular weight is 722 g/mol. The summed E-state index contributed by atoms with van der Waals surface area (Å²) in [5.41, 5.74) is 3.38. The van der Waals surface area contributed by atoms with Crippen LogP contribution in [-0.4, -0.2) is 85.5 Å². The van der Waals surface area contributed by atoms with Crippen molar-refractivity contribution in [2.45, 2.75) is 39.0 Å². The van der Waals surface area contributed by atoms with E-state index in [4.69, 9.17) is 14.2 Å². The third kappa shape index (κ3) is 10.6. The second-order valence-corrected chi connectivity index (χ2v) is 12.8. The lowest BCUT2D eigenvalue weighted by atomic mass is 10.1. The number of hydrogen-bond donors (Lipinski definition) is 2. The molecule has 2 atom stereocenters. The molecular formula is C41H47N5O7. The third-order valence-corrected chi connectivity index (χ3v) is 9.22. The Bertz CT molecular complexity index is 1840. The standard InChI is InChI=1S/C41H47N5O7/c1-29(33-11-7-5-8-12-33)43-22-39(48)45(24-32-17-20-36-37(21-32)53-28-52-36)26-41(50)46(30(2)34-13-9-6-10-14-34)27-40(49)44(25-38(47)42-3)23-31-15-18-35(51-4)19-16-31/h5-21,29-30,43H,22-28H2,1-4H3,(H,42,47). The number of nitrogens with one attached hydrogen (secondary N) is 2. The van der Waals surface area contributed by atoms with Crippen LogP contribution in [0.5, 0.6) is 17.2 Å². The fraction of sp³-hybridized carbons (Fsp3) is 0.317. The maximum absolute atomic E-state index is 14.5. The molecule has 2 N–H and O–H groups in total. The fourth-order valence-electron chi connectivity index (χ4n) is 5.99. The van der Waals surface area contributed by atoms with Gasteiger partial charge >= 0.3 is 0 Å². The minimum Gasteiger partial charge on any atom is -0.497 e. The van der Waals surface area contributed by atoms with Crippen LogP contribution in [0.4, 0.5) is 0 Å². The van der Waals surface area contributed by atoms with Crippen molar-refractivity contribution in [3.05, 3.63) is 125 Å². The molecule has 278 valence electrons. The molecule has 0 aliphatic carbocycles. The van der Waals surface area contributed by atoms with E-state index in [9.17, 15) is 19.2 Å². The number of rotatable bonds is 17. The van der Waals surface area contributed by atoms with Crippen LogP contribution >= 0.6 is 0 Å². The molecule has 1 heterocycles. The van der Waals surface area contributed by atoms with E-state index in [2.05, 4.69) is 10.6 Å². The van der Waals surface area contributed by atoms with Crippen molar-refractivity contribution in [2.75, 3.05) is 47.1 Å². The number of methoxy groups -OCH3 is 1. The van der Waals surface area contributed by atoms with Crippen molar-refractivity contribution < 1.29 is 33.4 Å². The van der Waals surface area contributed by atoms with Crippen molar-refractivity contribution in [3.8, 4) is 17.2 Å². The Morgan fingerprint density at radius 3 is 1.96 bits per heavy atom. The number of carbonyl (C=O) groups excluding carboxylic acids is 4. The van der Waals surface area contributed by atoms with E-state index in [0.717, 1.165) is 22.3 Å². The lowest BCUT2D eigenvalue weighted by Gasteiger charge is -2.34. The van der Waals surface area contributed by atoms with Crippen LogP contribution in [-0.2, 0) is 32.3 Å². The summed E-state index contributed by atoms with van der Waals surface area (Å²) in [6.07, 6.45) is 0. The van der Waals surface area contributed by atoms with Gasteiger partial charge in [0.1, 0.15) is 18.8 Å². The maximum Gasteiger partial charge on any atom is 0.243 e. The van der Waals surface area contributed by atoms with Crippen LogP contribution in [0.3, 0.4) is 0 Å². The minimum atomic E-state index is -0.533. The molecule has 0 spiro atoms. The molecular weight excluding hydrogens is 674 g/mol. The van der Waals surface area contributed by atoms with Crippen LogP contribution in [0, 0.1) is 0 Å². The summed E-state index contributed by atoms with van der Waals surface area (Å²) in [5.74, 6) is 0.345. The Morgan fingerprint density at radius 2 is 1.30 bits per heavy atom. The van der Waals surface area contributed by atoms with Crippen LogP contribution in [0.2, 0.25) is 0 Å². The van der Waals surface area contributed by atoms with Crippen LogP contribution < -0.4 is 24.8 Å². The third-order valence-electron chi connectivity index (χ3n) is 9.22. The van der Waals surface area contributed by atoms with Gasteiger partial charge in [-0.05, 0) is 60.4 Å². The molecule has 0 fully saturated rings. The predicted octanol–water partition coefficient (Wildman–Crippen LogP) is 4.47. The van der Waals surface area contributed by atoms with Gasteiger partial charge in [0.15, 0.2) is 11.5 Å². The van der Waals surface area contributed by atoms with Crippen LogP contribution in [0.25, 0.3) is 0 Å². The number of benzene rings is 4. The van der Waals surface area contributed by atoms with Crippen molar-refractivity contribution in [2.24, 2.45) is 0 Å². The molecule has 2 unspecified atom stereocenters. The monoisotopic (exact) mass is 721 g/mol. The zero-order chi connectivity index (χ0) is 37.7. The van der Waals surface area contributed by atoms with E-state index < -0.39 is 17.9 Å². The summed E-state index contributed by atoms with van der Waals surface area (Å²) in [5, 5.41) is 5.88. The van der Waals surface area contributed by atoms with Gasteiger partial charge in [-0.3, -0.25) is 19.2 Å². The van der Waals surface area contributed by atoms with Gasteiger partial charge in [0.05, 0.1) is 26.2 Å². The molecule has 0 radical (unpaired) electrons. The van der Waals surface area contributed by atoms with Gasteiger partial charge in [-0.2, -0.15) is 0 Å². The van der Waals surface area contributed by atoms with Gasteiger partial charge in [-0.1, -0.05) is 78.9 Å². The zero-order valence-electron chi connectivity index (χ0n) is 30.6. The number of hydrogen-bond acceptors (Lipinski definition) is 8. The average Bonchev–Trinajstić information content (AvgIpc) is 3.67. The largest absolute Gasteiger partial charge is 0.497 e. The molecule has 0 bridgehead atoms. The summed E-state index contributed by atoms with van der Waals surface area (Å²) < 4.78 is 16.3. The molecule has 4 aromatic rings. The summed E-state index contributed by atoms with van der Waals surface area (Å²) in [6.45, 7) is 3.33. The van der Waals surface area contributed by atoms with E-state index in [1.165, 1.54) is 21.7 Å². The highest BCUT2D eigenvalue weighted by Crippen LogP contribution is 2.33. The predicted molar refractivity (Wildman–Crippen MR) is 200 cm³/mol. The topological polar surface area (TPSA) is 130 Å². The second kappa shape index (κ2) is 18.6. The van der Waals surface area contributed by atoms with Crippen LogP contribution in [0.15, 0.2) is 103 Å². The number of ether oxygens (including phenoxy) is 3. The van der Waals surface area contributed by atoms with Crippen molar-refractivity contribution in [1.82, 2.24) is 25.3 Å². The van der Waals surface area contributed by atoms with E-state index in [-0.39, 0.29) is 63.9 Å². The molecule has 1 aliphatic rings. The van der Waals surface area contributed by atoms with Crippen molar-refractivity contribution >= 4 is 23.6 Å². The van der Waals surface area contributed by atoms with Crippen molar-refractivity contribution in [3.63, 3.8) is 0 Å². The first-order chi connectivity index (χ1) is 25.6. The summed E-state index contributed by atoms with van der Waals surface area (Å²) >= 11 is 0. The Labute approximate surface area is 310 Å². The van der Waals surface area contributed by atoms with E-state index in [0.29, 0.717) is 17.2 Å². The lowest BCUT2D eigenvalue weighted by Crippen LogP contribution is -2.50. The second-order valence-electron chi connectivity index (χ2n) is 12.8. The van der Waals surface area contributed by atoms with Crippen LogP contribution in [0.1, 0.15) is 48.2 Å². The Morgan fingerprint density at radius 1 is 0.698 bits per heavy atom. The zero-order valence-corrected chi connectivity index (χ0v) is 30.6. The fourth-order valence-corrected chi connectivity index (χ4v) is 5.99.